The third kappa shape index (κ3) is 4.36. The molecular formula is C30H24ClN3O5. The van der Waals surface area contributed by atoms with Crippen LogP contribution in [0.2, 0.25) is 5.02 Å². The zero-order valence-electron chi connectivity index (χ0n) is 21.2. The molecule has 9 heteroatoms. The van der Waals surface area contributed by atoms with Crippen molar-refractivity contribution in [3.8, 4) is 11.3 Å². The summed E-state index contributed by atoms with van der Waals surface area (Å²) in [7, 11) is 0. The minimum Gasteiger partial charge on any atom is -0.481 e. The Morgan fingerprint density at radius 1 is 1.10 bits per heavy atom. The summed E-state index contributed by atoms with van der Waals surface area (Å²) < 4.78 is 11.1. The third-order valence-corrected chi connectivity index (χ3v) is 7.72. The number of aromatic nitrogens is 2. The van der Waals surface area contributed by atoms with Gasteiger partial charge in [-0.3, -0.25) is 15.1 Å². The molecule has 0 saturated heterocycles. The molecule has 196 valence electrons. The maximum atomic E-state index is 12.7. The molecule has 2 aromatic heterocycles. The van der Waals surface area contributed by atoms with Gasteiger partial charge in [0, 0.05) is 33.1 Å². The van der Waals surface area contributed by atoms with E-state index >= 15 is 0 Å². The molecule has 0 aliphatic heterocycles. The monoisotopic (exact) mass is 541 g/mol. The van der Waals surface area contributed by atoms with Gasteiger partial charge in [0.25, 0.3) is 0 Å². The highest BCUT2D eigenvalue weighted by Gasteiger charge is 2.51. The smallest absolute Gasteiger partial charge is 0.412 e. The SMILES string of the molecule is Cc1noc(-c2ccc3c(c2)ncc2cc(C4(C(=O)O)CC4)ccc23)c1NC(=O)OC(C)c1ccccc1Cl. The number of anilines is 1. The van der Waals surface area contributed by atoms with Crippen LogP contribution in [0.25, 0.3) is 33.0 Å². The number of carboxylic acid groups (broad SMARTS) is 1. The quantitative estimate of drug-likeness (QED) is 0.215. The van der Waals surface area contributed by atoms with Gasteiger partial charge in [0.1, 0.15) is 17.5 Å². The number of nitrogens with one attached hydrogen (secondary N) is 1. The lowest BCUT2D eigenvalue weighted by Gasteiger charge is -2.15. The van der Waals surface area contributed by atoms with Gasteiger partial charge < -0.3 is 14.4 Å². The number of rotatable bonds is 6. The Hall–Kier alpha value is -4.43. The van der Waals surface area contributed by atoms with E-state index in [0.717, 1.165) is 27.2 Å². The molecule has 2 N–H and O–H groups in total. The Morgan fingerprint density at radius 2 is 1.87 bits per heavy atom. The van der Waals surface area contributed by atoms with E-state index in [1.54, 1.807) is 32.2 Å². The Kier molecular flexibility index (Phi) is 5.99. The number of hydrogen-bond donors (Lipinski definition) is 2. The van der Waals surface area contributed by atoms with Crippen molar-refractivity contribution in [3.63, 3.8) is 0 Å². The first kappa shape index (κ1) is 24.9. The molecule has 2 heterocycles. The number of ether oxygens (including phenoxy) is 1. The summed E-state index contributed by atoms with van der Waals surface area (Å²) in [4.78, 5) is 29.1. The molecule has 1 unspecified atom stereocenters. The summed E-state index contributed by atoms with van der Waals surface area (Å²) in [6.07, 6.45) is 1.83. The van der Waals surface area contributed by atoms with E-state index < -0.39 is 23.6 Å². The Morgan fingerprint density at radius 3 is 2.62 bits per heavy atom. The fraction of sp³-hybridized carbons (Fsp3) is 0.200. The largest absolute Gasteiger partial charge is 0.481 e. The highest BCUT2D eigenvalue weighted by molar-refractivity contribution is 6.31. The lowest BCUT2D eigenvalue weighted by atomic mass is 9.93. The van der Waals surface area contributed by atoms with Crippen LogP contribution in [0, 0.1) is 6.92 Å². The number of halogens is 1. The molecule has 39 heavy (non-hydrogen) atoms. The number of pyridine rings is 1. The number of aryl methyl sites for hydroxylation is 1. The van der Waals surface area contributed by atoms with Crippen molar-refractivity contribution in [2.45, 2.75) is 38.2 Å². The van der Waals surface area contributed by atoms with Crippen LogP contribution >= 0.6 is 11.6 Å². The van der Waals surface area contributed by atoms with Gasteiger partial charge in [0.15, 0.2) is 5.76 Å². The van der Waals surface area contributed by atoms with Crippen LogP contribution in [0.4, 0.5) is 10.5 Å². The fourth-order valence-corrected chi connectivity index (χ4v) is 5.27. The van der Waals surface area contributed by atoms with E-state index in [9.17, 15) is 14.7 Å². The summed E-state index contributed by atoms with van der Waals surface area (Å²) in [5, 5.41) is 19.8. The second-order valence-electron chi connectivity index (χ2n) is 9.85. The first-order chi connectivity index (χ1) is 18.8. The van der Waals surface area contributed by atoms with E-state index in [2.05, 4.69) is 15.5 Å². The van der Waals surface area contributed by atoms with Crippen LogP contribution < -0.4 is 5.32 Å². The van der Waals surface area contributed by atoms with Crippen molar-refractivity contribution in [3.05, 3.63) is 88.7 Å². The van der Waals surface area contributed by atoms with Crippen molar-refractivity contribution in [2.24, 2.45) is 0 Å². The summed E-state index contributed by atoms with van der Waals surface area (Å²) in [6, 6.07) is 18.6. The van der Waals surface area contributed by atoms with Gasteiger partial charge in [-0.05, 0) is 55.8 Å². The maximum Gasteiger partial charge on any atom is 0.412 e. The van der Waals surface area contributed by atoms with Gasteiger partial charge in [0.2, 0.25) is 0 Å². The molecule has 1 aliphatic rings. The maximum absolute atomic E-state index is 12.7. The number of carboxylic acids is 1. The Bertz CT molecular complexity index is 1780. The normalized spacial score (nSPS) is 14.7. The zero-order valence-corrected chi connectivity index (χ0v) is 22.0. The van der Waals surface area contributed by atoms with E-state index in [4.69, 9.17) is 20.9 Å². The number of amides is 1. The highest BCUT2D eigenvalue weighted by atomic mass is 35.5. The topological polar surface area (TPSA) is 115 Å². The number of carbonyl (C=O) groups is 2. The highest BCUT2D eigenvalue weighted by Crippen LogP contribution is 2.49. The molecule has 8 nitrogen and oxygen atoms in total. The van der Waals surface area contributed by atoms with Crippen LogP contribution in [-0.4, -0.2) is 27.3 Å². The number of nitrogens with zero attached hydrogens (tertiary/aromatic N) is 2. The summed E-state index contributed by atoms with van der Waals surface area (Å²) in [5.74, 6) is -0.402. The molecule has 1 atom stereocenters. The molecule has 5 aromatic rings. The van der Waals surface area contributed by atoms with Crippen molar-refractivity contribution in [1.29, 1.82) is 0 Å². The van der Waals surface area contributed by atoms with Gasteiger partial charge in [0.05, 0.1) is 10.9 Å². The summed E-state index contributed by atoms with van der Waals surface area (Å²) >= 11 is 6.24. The molecule has 1 aliphatic carbocycles. The van der Waals surface area contributed by atoms with Gasteiger partial charge in [-0.15, -0.1) is 0 Å². The van der Waals surface area contributed by atoms with Gasteiger partial charge in [-0.1, -0.05) is 59.2 Å². The first-order valence-corrected chi connectivity index (χ1v) is 12.9. The number of hydrogen-bond acceptors (Lipinski definition) is 6. The van der Waals surface area contributed by atoms with E-state index in [1.807, 2.05) is 48.5 Å². The summed E-state index contributed by atoms with van der Waals surface area (Å²) in [5.41, 5.74) is 3.05. The summed E-state index contributed by atoms with van der Waals surface area (Å²) in [6.45, 7) is 3.48. The molecule has 6 rings (SSSR count). The molecule has 0 bridgehead atoms. The van der Waals surface area contributed by atoms with Crippen LogP contribution in [0.5, 0.6) is 0 Å². The van der Waals surface area contributed by atoms with Crippen LogP contribution in [0.15, 0.2) is 71.4 Å². The van der Waals surface area contributed by atoms with Gasteiger partial charge in [-0.2, -0.15) is 0 Å². The lowest BCUT2D eigenvalue weighted by molar-refractivity contribution is -0.140. The predicted octanol–water partition coefficient (Wildman–Crippen LogP) is 7.43. The predicted molar refractivity (Wildman–Crippen MR) is 148 cm³/mol. The second-order valence-corrected chi connectivity index (χ2v) is 10.3. The Labute approximate surface area is 228 Å². The van der Waals surface area contributed by atoms with Gasteiger partial charge in [-0.25, -0.2) is 4.79 Å². The van der Waals surface area contributed by atoms with E-state index in [0.29, 0.717) is 46.1 Å². The standard InChI is InChI=1S/C30H24ClN3O5/c1-16-26(33-29(37)38-17(2)21-5-3-4-6-24(21)31)27(39-34-16)18-7-9-23-22-10-8-20(30(11-12-30)28(35)36)13-19(22)15-32-25(23)14-18/h3-10,13-15,17H,11-12H2,1-2H3,(H,33,37)(H,35,36). The average Bonchev–Trinajstić information content (AvgIpc) is 3.67. The van der Waals surface area contributed by atoms with Crippen LogP contribution in [-0.2, 0) is 14.9 Å². The number of aliphatic carboxylic acids is 1. The molecule has 1 saturated carbocycles. The Balaban J connectivity index is 1.28. The average molecular weight is 542 g/mol. The fourth-order valence-electron chi connectivity index (χ4n) is 4.98. The number of fused-ring (bicyclic) bond motifs is 3. The molecule has 1 amide bonds. The van der Waals surface area contributed by atoms with E-state index in [-0.39, 0.29) is 0 Å². The molecule has 0 radical (unpaired) electrons. The molecular weight excluding hydrogens is 518 g/mol. The van der Waals surface area contributed by atoms with Crippen molar-refractivity contribution < 1.29 is 24.0 Å². The zero-order chi connectivity index (χ0) is 27.3. The van der Waals surface area contributed by atoms with Gasteiger partial charge >= 0.3 is 12.1 Å². The minimum absolute atomic E-state index is 0.381. The molecule has 1 fully saturated rings. The van der Waals surface area contributed by atoms with Crippen LogP contribution in [0.1, 0.15) is 42.7 Å². The van der Waals surface area contributed by atoms with E-state index in [1.165, 1.54) is 0 Å². The second kappa shape index (κ2) is 9.39. The number of benzene rings is 3. The lowest BCUT2D eigenvalue weighted by Crippen LogP contribution is -2.19. The first-order valence-electron chi connectivity index (χ1n) is 12.5. The molecule has 0 spiro atoms. The molecule has 3 aromatic carbocycles. The van der Waals surface area contributed by atoms with Crippen molar-refractivity contribution >= 4 is 51.0 Å². The van der Waals surface area contributed by atoms with Crippen molar-refractivity contribution in [1.82, 2.24) is 10.1 Å². The third-order valence-electron chi connectivity index (χ3n) is 7.37. The van der Waals surface area contributed by atoms with Crippen LogP contribution in [0.3, 0.4) is 0 Å². The minimum atomic E-state index is -0.783. The number of carbonyl (C=O) groups excluding carboxylic acids is 1. The van der Waals surface area contributed by atoms with Crippen molar-refractivity contribution in [2.75, 3.05) is 5.32 Å².